The van der Waals surface area contributed by atoms with Crippen LogP contribution in [-0.4, -0.2) is 127 Å². The van der Waals surface area contributed by atoms with E-state index in [4.69, 9.17) is 21.1 Å². The van der Waals surface area contributed by atoms with Crippen molar-refractivity contribution < 1.29 is 28.4 Å². The van der Waals surface area contributed by atoms with Crippen LogP contribution in [0.1, 0.15) is 54.1 Å². The molecule has 0 aliphatic carbocycles. The lowest BCUT2D eigenvalue weighted by Crippen LogP contribution is -2.53. The summed E-state index contributed by atoms with van der Waals surface area (Å²) in [5, 5.41) is 10.1. The normalized spacial score (nSPS) is 19.0. The van der Waals surface area contributed by atoms with Gasteiger partial charge in [-0.25, -0.2) is 4.98 Å². The Kier molecular flexibility index (Phi) is 13.1. The second kappa shape index (κ2) is 18.6. The third kappa shape index (κ3) is 9.41. The summed E-state index contributed by atoms with van der Waals surface area (Å²) >= 11 is 6.53. The highest BCUT2D eigenvalue weighted by Gasteiger charge is 2.40. The number of rotatable bonds is 14. The van der Waals surface area contributed by atoms with Crippen molar-refractivity contribution in [3.8, 4) is 11.5 Å². The third-order valence-corrected chi connectivity index (χ3v) is 14.3. The molecule has 0 spiro atoms. The Hall–Kier alpha value is -5.21. The molecule has 62 heavy (non-hydrogen) atoms. The molecule has 0 bridgehead atoms. The average molecular weight is 884 g/mol. The molecule has 1 aromatic heterocycles. The topological polar surface area (TPSA) is 162 Å². The van der Waals surface area contributed by atoms with Crippen molar-refractivity contribution in [2.24, 2.45) is 0 Å². The Balaban J connectivity index is 0.827. The number of para-hydroxylation sites is 1. The molecule has 0 saturated carbocycles. The first-order chi connectivity index (χ1) is 29.9. The van der Waals surface area contributed by atoms with E-state index in [1.807, 2.05) is 36.4 Å². The quantitative estimate of drug-likeness (QED) is 0.102. The summed E-state index contributed by atoms with van der Waals surface area (Å²) in [6.45, 7) is 13.1. The van der Waals surface area contributed by atoms with Gasteiger partial charge in [0.15, 0.2) is 5.82 Å². The highest BCUT2D eigenvalue weighted by Crippen LogP contribution is 2.40. The van der Waals surface area contributed by atoms with E-state index in [2.05, 4.69) is 59.7 Å². The first-order valence-corrected chi connectivity index (χ1v) is 24.4. The number of benzene rings is 3. The van der Waals surface area contributed by atoms with Crippen molar-refractivity contribution in [3.63, 3.8) is 0 Å². The number of anilines is 5. The van der Waals surface area contributed by atoms with Gasteiger partial charge in [0, 0.05) is 86.5 Å². The summed E-state index contributed by atoms with van der Waals surface area (Å²) in [6, 6.07) is 17.1. The first kappa shape index (κ1) is 43.4. The predicted octanol–water partition coefficient (Wildman–Crippen LogP) is 5.86. The summed E-state index contributed by atoms with van der Waals surface area (Å²) in [5.74, 6) is 1.21. The fraction of sp³-hybridized carbons (Fsp3) is 0.444. The van der Waals surface area contributed by atoms with Crippen LogP contribution in [0.2, 0.25) is 5.02 Å². The monoisotopic (exact) mass is 883 g/mol. The van der Waals surface area contributed by atoms with Crippen LogP contribution in [-0.2, 0) is 27.1 Å². The molecule has 17 heteroatoms. The van der Waals surface area contributed by atoms with Crippen molar-refractivity contribution >= 4 is 70.6 Å². The second-order valence-corrected chi connectivity index (χ2v) is 20.3. The van der Waals surface area contributed by atoms with Gasteiger partial charge < -0.3 is 34.5 Å². The molecule has 4 aliphatic heterocycles. The maximum Gasteiger partial charge on any atom is 0.255 e. The molecule has 1 atom stereocenters. The number of piperidine rings is 2. The molecule has 0 unspecified atom stereocenters. The van der Waals surface area contributed by atoms with Crippen LogP contribution < -0.4 is 35.6 Å². The molecule has 3 fully saturated rings. The Morgan fingerprint density at radius 1 is 0.919 bits per heavy atom. The Bertz CT molecular complexity index is 2380. The molecule has 328 valence electrons. The summed E-state index contributed by atoms with van der Waals surface area (Å²) in [7, 11) is -0.889. The molecule has 3 amide bonds. The summed E-state index contributed by atoms with van der Waals surface area (Å²) < 4.78 is 25.1. The van der Waals surface area contributed by atoms with Gasteiger partial charge in [-0.15, -0.1) is 0 Å². The Labute approximate surface area is 367 Å². The molecule has 0 radical (unpaired) electrons. The van der Waals surface area contributed by atoms with Gasteiger partial charge >= 0.3 is 0 Å². The smallest absolute Gasteiger partial charge is 0.255 e. The number of aryl methyl sites for hydroxylation is 1. The number of halogens is 1. The lowest BCUT2D eigenvalue weighted by Gasteiger charge is -2.43. The average Bonchev–Trinajstić information content (AvgIpc) is 3.61. The van der Waals surface area contributed by atoms with Crippen LogP contribution in [0.3, 0.4) is 0 Å². The minimum Gasteiger partial charge on any atom is -0.494 e. The molecule has 3 N–H and O–H groups in total. The number of piperazine rings is 1. The lowest BCUT2D eigenvalue weighted by molar-refractivity contribution is -0.136. The van der Waals surface area contributed by atoms with Crippen molar-refractivity contribution in [1.29, 1.82) is 0 Å². The van der Waals surface area contributed by atoms with Crippen molar-refractivity contribution in [2.45, 2.75) is 57.7 Å². The van der Waals surface area contributed by atoms with Gasteiger partial charge in [-0.05, 0) is 74.9 Å². The van der Waals surface area contributed by atoms with Crippen LogP contribution in [0.25, 0.3) is 0 Å². The number of hydrogen-bond acceptors (Lipinski definition) is 13. The number of aromatic nitrogens is 2. The fourth-order valence-electron chi connectivity index (χ4n) is 9.07. The van der Waals surface area contributed by atoms with Gasteiger partial charge in [-0.2, -0.15) is 4.98 Å². The van der Waals surface area contributed by atoms with Crippen LogP contribution in [0.15, 0.2) is 60.8 Å². The van der Waals surface area contributed by atoms with E-state index in [-0.39, 0.29) is 18.2 Å². The standard InChI is InChI=1S/C45H55ClN9O6P/c1-5-29-25-35(49-45-47-27-33(46)42(51-45)48-34-10-6-7-12-40(34)62(3,4)59)39(60-2)26-37(29)54-17-15-30(16-18-54)53-21-19-52(20-22-53)23-24-61-38-11-8-9-31-32(38)28-55(44(31)58)36-13-14-41(56)50-43(36)57/h6-12,25-27,30,36H,5,13-24,28H2,1-4H3,(H,50,56,57)(H2,47,48,49,51)/t36-/m0/s1. The SMILES string of the molecule is CCc1cc(Nc2ncc(Cl)c(Nc3ccccc3P(C)(C)=O)n2)c(OC)cc1N1CCC(N2CCN(CCOc3cccc4c3CN([C@H]3CCC(=O)NC3=O)C4=O)CC2)CC1. The largest absolute Gasteiger partial charge is 0.494 e. The minimum absolute atomic E-state index is 0.196. The number of carbonyl (C=O) groups excluding carboxylic acids is 3. The summed E-state index contributed by atoms with van der Waals surface area (Å²) in [5.41, 5.74) is 5.18. The van der Waals surface area contributed by atoms with Gasteiger partial charge in [0.1, 0.15) is 36.3 Å². The first-order valence-electron chi connectivity index (χ1n) is 21.4. The number of imide groups is 1. The molecule has 15 nitrogen and oxygen atoms in total. The van der Waals surface area contributed by atoms with Crippen LogP contribution in [0.4, 0.5) is 28.8 Å². The van der Waals surface area contributed by atoms with Crippen molar-refractivity contribution in [2.75, 3.05) is 88.4 Å². The fourth-order valence-corrected chi connectivity index (χ4v) is 10.4. The molecule has 4 aromatic rings. The van der Waals surface area contributed by atoms with E-state index < -0.39 is 19.1 Å². The lowest BCUT2D eigenvalue weighted by atomic mass is 9.99. The molecular weight excluding hydrogens is 829 g/mol. The van der Waals surface area contributed by atoms with Gasteiger partial charge in [-0.1, -0.05) is 36.7 Å². The summed E-state index contributed by atoms with van der Waals surface area (Å²) in [6.07, 6.45) is 5.09. The second-order valence-electron chi connectivity index (χ2n) is 16.7. The number of amides is 3. The molecule has 3 aromatic carbocycles. The van der Waals surface area contributed by atoms with E-state index in [9.17, 15) is 18.9 Å². The summed E-state index contributed by atoms with van der Waals surface area (Å²) in [4.78, 5) is 55.6. The number of hydrogen-bond donors (Lipinski definition) is 3. The van der Waals surface area contributed by atoms with Gasteiger partial charge in [0.05, 0.1) is 31.2 Å². The minimum atomic E-state index is -2.56. The Morgan fingerprint density at radius 3 is 2.42 bits per heavy atom. The molecular formula is C45H55ClN9O6P. The van der Waals surface area contributed by atoms with Crippen LogP contribution in [0.5, 0.6) is 11.5 Å². The third-order valence-electron chi connectivity index (χ3n) is 12.4. The molecule has 4 aliphatic rings. The van der Waals surface area contributed by atoms with E-state index >= 15 is 0 Å². The van der Waals surface area contributed by atoms with E-state index in [1.165, 1.54) is 11.3 Å². The van der Waals surface area contributed by atoms with Crippen molar-refractivity contribution in [3.05, 3.63) is 82.5 Å². The van der Waals surface area contributed by atoms with E-state index in [0.29, 0.717) is 65.2 Å². The molecule has 8 rings (SSSR count). The zero-order valence-electron chi connectivity index (χ0n) is 35.8. The van der Waals surface area contributed by atoms with Gasteiger partial charge in [0.25, 0.3) is 5.91 Å². The number of ether oxygens (including phenoxy) is 2. The predicted molar refractivity (Wildman–Crippen MR) is 243 cm³/mol. The zero-order chi connectivity index (χ0) is 43.5. The van der Waals surface area contributed by atoms with Crippen LogP contribution in [0, 0.1) is 0 Å². The van der Waals surface area contributed by atoms with E-state index in [0.717, 1.165) is 81.6 Å². The van der Waals surface area contributed by atoms with E-state index in [1.54, 1.807) is 37.6 Å². The van der Waals surface area contributed by atoms with Crippen LogP contribution >= 0.6 is 18.7 Å². The number of nitrogens with zero attached hydrogens (tertiary/aromatic N) is 6. The van der Waals surface area contributed by atoms with Crippen molar-refractivity contribution in [1.82, 2.24) is 30.0 Å². The van der Waals surface area contributed by atoms with Gasteiger partial charge in [0.2, 0.25) is 17.8 Å². The number of nitrogens with one attached hydrogen (secondary N) is 3. The highest BCUT2D eigenvalue weighted by molar-refractivity contribution is 7.70. The number of fused-ring (bicyclic) bond motifs is 1. The molecule has 5 heterocycles. The van der Waals surface area contributed by atoms with Gasteiger partial charge in [-0.3, -0.25) is 29.5 Å². The maximum atomic E-state index is 13.2. The Morgan fingerprint density at radius 2 is 1.69 bits per heavy atom. The zero-order valence-corrected chi connectivity index (χ0v) is 37.4. The maximum absolute atomic E-state index is 13.2. The highest BCUT2D eigenvalue weighted by atomic mass is 35.5. The number of methoxy groups -OCH3 is 1. The molecule has 3 saturated heterocycles. The number of carbonyl (C=O) groups is 3.